The van der Waals surface area contributed by atoms with Crippen LogP contribution in [0.4, 0.5) is 5.69 Å². The molecular formula is C13H16ClN7O4. The third kappa shape index (κ3) is 4.53. The van der Waals surface area contributed by atoms with E-state index in [1.54, 1.807) is 6.92 Å². The molecule has 0 aliphatic rings. The smallest absolute Gasteiger partial charge is 0.273 e. The van der Waals surface area contributed by atoms with Crippen LogP contribution in [0.15, 0.2) is 18.6 Å². The van der Waals surface area contributed by atoms with Gasteiger partial charge in [0.15, 0.2) is 5.69 Å². The van der Waals surface area contributed by atoms with Crippen molar-refractivity contribution in [2.75, 3.05) is 0 Å². The highest BCUT2D eigenvalue weighted by Gasteiger charge is 2.19. The number of nitrogens with zero attached hydrogens (tertiary/aromatic N) is 5. The average Bonchev–Trinajstić information content (AvgIpc) is 3.18. The number of aromatic nitrogens is 4. The van der Waals surface area contributed by atoms with Gasteiger partial charge in [-0.15, -0.1) is 0 Å². The number of hydrazine groups is 1. The number of halogens is 1. The van der Waals surface area contributed by atoms with Crippen molar-refractivity contribution in [1.29, 1.82) is 0 Å². The van der Waals surface area contributed by atoms with Crippen LogP contribution in [-0.2, 0) is 17.9 Å². The summed E-state index contributed by atoms with van der Waals surface area (Å²) in [5.74, 6) is -1.73. The Morgan fingerprint density at radius 2 is 2.08 bits per heavy atom. The van der Waals surface area contributed by atoms with Gasteiger partial charge in [0.25, 0.3) is 5.91 Å². The van der Waals surface area contributed by atoms with Crippen molar-refractivity contribution < 1.29 is 14.5 Å². The molecule has 0 unspecified atom stereocenters. The van der Waals surface area contributed by atoms with E-state index in [9.17, 15) is 19.7 Å². The molecule has 0 aromatic carbocycles. The molecule has 2 N–H and O–H groups in total. The number of rotatable bonds is 6. The lowest BCUT2D eigenvalue weighted by Gasteiger charge is -2.12. The Balaban J connectivity index is 1.88. The maximum atomic E-state index is 12.0. The van der Waals surface area contributed by atoms with Crippen molar-refractivity contribution in [2.24, 2.45) is 5.92 Å². The number of hydrogen-bond donors (Lipinski definition) is 2. The predicted molar refractivity (Wildman–Crippen MR) is 86.6 cm³/mol. The summed E-state index contributed by atoms with van der Waals surface area (Å²) in [6.45, 7) is 4.09. The third-order valence-electron chi connectivity index (χ3n) is 3.29. The molecule has 0 aliphatic heterocycles. The number of amides is 2. The zero-order valence-electron chi connectivity index (χ0n) is 13.5. The molecule has 2 rings (SSSR count). The Morgan fingerprint density at radius 1 is 1.36 bits per heavy atom. The Bertz CT molecular complexity index is 800. The first-order chi connectivity index (χ1) is 11.8. The first-order valence-corrected chi connectivity index (χ1v) is 7.69. The fourth-order valence-corrected chi connectivity index (χ4v) is 2.16. The van der Waals surface area contributed by atoms with E-state index >= 15 is 0 Å². The summed E-state index contributed by atoms with van der Waals surface area (Å²) >= 11 is 5.91. The van der Waals surface area contributed by atoms with Crippen LogP contribution in [0.1, 0.15) is 24.3 Å². The predicted octanol–water partition coefficient (Wildman–Crippen LogP) is 0.758. The van der Waals surface area contributed by atoms with Crippen LogP contribution in [-0.4, -0.2) is 36.3 Å². The highest BCUT2D eigenvalue weighted by atomic mass is 35.5. The minimum Gasteiger partial charge on any atom is -0.273 e. The highest BCUT2D eigenvalue weighted by molar-refractivity contribution is 6.33. The first-order valence-electron chi connectivity index (χ1n) is 7.31. The molecule has 0 aliphatic carbocycles. The van der Waals surface area contributed by atoms with Crippen molar-refractivity contribution in [2.45, 2.75) is 26.9 Å². The van der Waals surface area contributed by atoms with E-state index in [-0.39, 0.29) is 22.9 Å². The standard InChI is InChI=1S/C13H16ClN7O4/c1-3-19-7-10(14)11(18-19)13(23)17-16-12(22)8(2)5-20-6-9(4-15-20)21(24)25/h4,6-8H,3,5H2,1-2H3,(H,16,22)(H,17,23)/t8-/m0/s1. The third-order valence-corrected chi connectivity index (χ3v) is 3.57. The van der Waals surface area contributed by atoms with Crippen LogP contribution in [0, 0.1) is 16.0 Å². The summed E-state index contributed by atoms with van der Waals surface area (Å²) < 4.78 is 2.77. The molecule has 12 heteroatoms. The molecule has 25 heavy (non-hydrogen) atoms. The largest absolute Gasteiger partial charge is 0.306 e. The van der Waals surface area contributed by atoms with Crippen LogP contribution < -0.4 is 10.9 Å². The van der Waals surface area contributed by atoms with Crippen molar-refractivity contribution in [3.8, 4) is 0 Å². The molecule has 0 radical (unpaired) electrons. The van der Waals surface area contributed by atoms with Crippen LogP contribution in [0.25, 0.3) is 0 Å². The van der Waals surface area contributed by atoms with E-state index in [0.29, 0.717) is 6.54 Å². The molecule has 0 spiro atoms. The quantitative estimate of drug-likeness (QED) is 0.569. The molecule has 134 valence electrons. The minimum absolute atomic E-state index is 0.000768. The van der Waals surface area contributed by atoms with Crippen LogP contribution in [0.2, 0.25) is 5.02 Å². The van der Waals surface area contributed by atoms with E-state index in [0.717, 1.165) is 6.20 Å². The van der Waals surface area contributed by atoms with Gasteiger partial charge in [-0.05, 0) is 6.92 Å². The van der Waals surface area contributed by atoms with Gasteiger partial charge >= 0.3 is 5.69 Å². The van der Waals surface area contributed by atoms with Gasteiger partial charge in [-0.25, -0.2) is 0 Å². The maximum absolute atomic E-state index is 12.0. The second kappa shape index (κ2) is 7.75. The Morgan fingerprint density at radius 3 is 2.64 bits per heavy atom. The zero-order chi connectivity index (χ0) is 18.6. The molecule has 2 aromatic rings. The second-order valence-corrected chi connectivity index (χ2v) is 5.61. The van der Waals surface area contributed by atoms with Crippen molar-refractivity contribution in [1.82, 2.24) is 30.4 Å². The molecule has 1 atom stereocenters. The Labute approximate surface area is 147 Å². The molecule has 2 heterocycles. The van der Waals surface area contributed by atoms with E-state index in [4.69, 9.17) is 11.6 Å². The van der Waals surface area contributed by atoms with Crippen LogP contribution in [0.5, 0.6) is 0 Å². The number of carbonyl (C=O) groups excluding carboxylic acids is 2. The lowest BCUT2D eigenvalue weighted by molar-refractivity contribution is -0.385. The fourth-order valence-electron chi connectivity index (χ4n) is 1.92. The molecule has 0 fully saturated rings. The van der Waals surface area contributed by atoms with Crippen molar-refractivity contribution in [3.05, 3.63) is 39.4 Å². The monoisotopic (exact) mass is 369 g/mol. The number of aryl methyl sites for hydroxylation is 1. The van der Waals surface area contributed by atoms with Gasteiger partial charge in [0.2, 0.25) is 5.91 Å². The summed E-state index contributed by atoms with van der Waals surface area (Å²) in [6, 6.07) is 0. The summed E-state index contributed by atoms with van der Waals surface area (Å²) in [5, 5.41) is 18.6. The molecule has 2 amide bonds. The minimum atomic E-state index is -0.646. The summed E-state index contributed by atoms with van der Waals surface area (Å²) in [5.41, 5.74) is 4.33. The number of nitro groups is 1. The molecule has 0 saturated carbocycles. The molecule has 11 nitrogen and oxygen atoms in total. The van der Waals surface area contributed by atoms with Crippen LogP contribution in [0.3, 0.4) is 0 Å². The summed E-state index contributed by atoms with van der Waals surface area (Å²) in [4.78, 5) is 34.0. The SMILES string of the molecule is CCn1cc(Cl)c(C(=O)NNC(=O)[C@@H](C)Cn2cc([N+](=O)[O-])cn2)n1. The lowest BCUT2D eigenvalue weighted by Crippen LogP contribution is -2.45. The highest BCUT2D eigenvalue weighted by Crippen LogP contribution is 2.13. The van der Waals surface area contributed by atoms with Crippen LogP contribution >= 0.6 is 11.6 Å². The second-order valence-electron chi connectivity index (χ2n) is 5.20. The van der Waals surface area contributed by atoms with Gasteiger partial charge in [-0.2, -0.15) is 10.2 Å². The number of hydrogen-bond acceptors (Lipinski definition) is 6. The summed E-state index contributed by atoms with van der Waals surface area (Å²) in [6.07, 6.45) is 3.82. The first kappa shape index (κ1) is 18.4. The van der Waals surface area contributed by atoms with Gasteiger partial charge in [0.1, 0.15) is 12.4 Å². The maximum Gasteiger partial charge on any atom is 0.306 e. The summed E-state index contributed by atoms with van der Waals surface area (Å²) in [7, 11) is 0. The van der Waals surface area contributed by atoms with Gasteiger partial charge in [-0.3, -0.25) is 39.9 Å². The molecule has 0 saturated heterocycles. The average molecular weight is 370 g/mol. The molecule has 0 bridgehead atoms. The van der Waals surface area contributed by atoms with Gasteiger partial charge in [0.05, 0.1) is 22.4 Å². The van der Waals surface area contributed by atoms with E-state index < -0.39 is 22.7 Å². The van der Waals surface area contributed by atoms with Crippen molar-refractivity contribution >= 4 is 29.1 Å². The zero-order valence-corrected chi connectivity index (χ0v) is 14.2. The number of carbonyl (C=O) groups is 2. The van der Waals surface area contributed by atoms with E-state index in [2.05, 4.69) is 21.0 Å². The topological polar surface area (TPSA) is 137 Å². The fraction of sp³-hybridized carbons (Fsp3) is 0.385. The molecular weight excluding hydrogens is 354 g/mol. The Hall–Kier alpha value is -2.95. The van der Waals surface area contributed by atoms with E-state index in [1.165, 1.54) is 21.8 Å². The van der Waals surface area contributed by atoms with Gasteiger partial charge < -0.3 is 0 Å². The van der Waals surface area contributed by atoms with Gasteiger partial charge in [0, 0.05) is 12.7 Å². The number of nitrogens with one attached hydrogen (secondary N) is 2. The van der Waals surface area contributed by atoms with Crippen molar-refractivity contribution in [3.63, 3.8) is 0 Å². The molecule has 2 aromatic heterocycles. The normalized spacial score (nSPS) is 11.8. The van der Waals surface area contributed by atoms with E-state index in [1.807, 2.05) is 6.92 Å². The Kier molecular flexibility index (Phi) is 5.70. The lowest BCUT2D eigenvalue weighted by atomic mass is 10.2. The van der Waals surface area contributed by atoms with Gasteiger partial charge in [-0.1, -0.05) is 18.5 Å².